The summed E-state index contributed by atoms with van der Waals surface area (Å²) in [6.45, 7) is 3.46. The molecule has 0 saturated heterocycles. The second-order valence-electron chi connectivity index (χ2n) is 3.74. The molecule has 0 aliphatic carbocycles. The number of rotatable bonds is 3. The van der Waals surface area contributed by atoms with E-state index < -0.39 is 6.55 Å². The van der Waals surface area contributed by atoms with Crippen LogP contribution in [-0.4, -0.2) is 24.7 Å². The first-order chi connectivity index (χ1) is 5.97. The first-order valence-corrected chi connectivity index (χ1v) is 4.36. The summed E-state index contributed by atoms with van der Waals surface area (Å²) < 4.78 is 24.3. The highest BCUT2D eigenvalue weighted by atomic mass is 19.3. The van der Waals surface area contributed by atoms with Crippen LogP contribution in [0.3, 0.4) is 0 Å². The predicted molar refractivity (Wildman–Crippen MR) is 49.6 cm³/mol. The van der Waals surface area contributed by atoms with Crippen LogP contribution in [0.2, 0.25) is 0 Å². The summed E-state index contributed by atoms with van der Waals surface area (Å²) in [4.78, 5) is 0. The summed E-state index contributed by atoms with van der Waals surface area (Å²) >= 11 is 0. The van der Waals surface area contributed by atoms with Crippen molar-refractivity contribution in [2.45, 2.75) is 33.7 Å². The summed E-state index contributed by atoms with van der Waals surface area (Å²) in [5.74, 6) is 0. The Labute approximate surface area is 77.4 Å². The van der Waals surface area contributed by atoms with Crippen molar-refractivity contribution >= 4 is 13.0 Å². The lowest BCUT2D eigenvalue weighted by atomic mass is 9.69. The van der Waals surface area contributed by atoms with Crippen molar-refractivity contribution in [1.82, 2.24) is 10.5 Å². The minimum atomic E-state index is -2.56. The van der Waals surface area contributed by atoms with Crippen LogP contribution in [0.15, 0.2) is 5.10 Å². The average Bonchev–Trinajstić information content (AvgIpc) is 2.52. The quantitative estimate of drug-likeness (QED) is 0.532. The van der Waals surface area contributed by atoms with Gasteiger partial charge in [0.05, 0.1) is 0 Å². The molecule has 1 aliphatic heterocycles. The van der Waals surface area contributed by atoms with E-state index in [1.54, 1.807) is 0 Å². The van der Waals surface area contributed by atoms with Crippen LogP contribution in [0.1, 0.15) is 27.2 Å². The van der Waals surface area contributed by atoms with E-state index in [1.165, 1.54) is 0 Å². The highest BCUT2D eigenvalue weighted by Gasteiger charge is 2.31. The zero-order chi connectivity index (χ0) is 10.1. The van der Waals surface area contributed by atoms with E-state index in [2.05, 4.69) is 10.4 Å². The molecule has 0 amide bonds. The number of hydrazone groups is 1. The van der Waals surface area contributed by atoms with Crippen LogP contribution in [0.4, 0.5) is 8.78 Å². The molecule has 1 rings (SSSR count). The Morgan fingerprint density at radius 1 is 1.62 bits per heavy atom. The van der Waals surface area contributed by atoms with Crippen molar-refractivity contribution in [2.75, 3.05) is 0 Å². The van der Waals surface area contributed by atoms with E-state index in [4.69, 9.17) is 0 Å². The Morgan fingerprint density at radius 3 is 2.62 bits per heavy atom. The third-order valence-corrected chi connectivity index (χ3v) is 2.49. The molecular formula is C7H14BF2N3. The molecule has 0 radical (unpaired) electrons. The molecule has 0 unspecified atom stereocenters. The number of hydrazine groups is 1. The van der Waals surface area contributed by atoms with Gasteiger partial charge in [-0.2, -0.15) is 19.0 Å². The van der Waals surface area contributed by atoms with E-state index in [9.17, 15) is 8.78 Å². The van der Waals surface area contributed by atoms with Gasteiger partial charge in [-0.1, -0.05) is 20.8 Å². The molecule has 6 heteroatoms. The molecule has 74 valence electrons. The van der Waals surface area contributed by atoms with Gasteiger partial charge in [0.25, 0.3) is 7.41 Å². The van der Waals surface area contributed by atoms with E-state index >= 15 is 0 Å². The molecule has 13 heavy (non-hydrogen) atoms. The normalized spacial score (nSPS) is 17.7. The zero-order valence-electron chi connectivity index (χ0n) is 8.14. The minimum Gasteiger partial charge on any atom is -0.250 e. The van der Waals surface area contributed by atoms with Gasteiger partial charge in [0.1, 0.15) is 0 Å². The van der Waals surface area contributed by atoms with Gasteiger partial charge < -0.3 is 0 Å². The lowest BCUT2D eigenvalue weighted by molar-refractivity contribution is -0.0386. The van der Waals surface area contributed by atoms with Gasteiger partial charge in [-0.15, -0.1) is 0 Å². The van der Waals surface area contributed by atoms with Gasteiger partial charge in [-0.05, 0) is 11.8 Å². The van der Waals surface area contributed by atoms with Gasteiger partial charge in [0.15, 0.2) is 0 Å². The van der Waals surface area contributed by atoms with Crippen molar-refractivity contribution in [3.63, 3.8) is 0 Å². The SMILES string of the molecule is CCC(C)(C)C1=NN(C(F)F)NB1. The van der Waals surface area contributed by atoms with Crippen LogP contribution < -0.4 is 5.34 Å². The molecule has 0 aromatic heterocycles. The summed E-state index contributed by atoms with van der Waals surface area (Å²) in [5, 5.41) is 6.96. The van der Waals surface area contributed by atoms with Crippen LogP contribution >= 0.6 is 0 Å². The standard InChI is InChI=1S/C7H14BF2N3/c1-4-7(2,3)5-8-12-13(11-5)6(9)10/h6,8,12H,4H2,1-3H3. The Kier molecular flexibility index (Phi) is 2.90. The molecule has 3 nitrogen and oxygen atoms in total. The maximum absolute atomic E-state index is 12.2. The van der Waals surface area contributed by atoms with Gasteiger partial charge in [0.2, 0.25) is 0 Å². The van der Waals surface area contributed by atoms with Crippen LogP contribution in [0, 0.1) is 5.41 Å². The summed E-state index contributed by atoms with van der Waals surface area (Å²) in [6, 6.07) is 0. The Balaban J connectivity index is 2.69. The Hall–Kier alpha value is -0.645. The molecule has 0 atom stereocenters. The highest BCUT2D eigenvalue weighted by molar-refractivity contribution is 6.75. The van der Waals surface area contributed by atoms with Gasteiger partial charge in [0, 0.05) is 5.61 Å². The van der Waals surface area contributed by atoms with Crippen LogP contribution in [0.5, 0.6) is 0 Å². The number of hydrogen-bond donors (Lipinski definition) is 1. The number of hydrogen-bond acceptors (Lipinski definition) is 3. The van der Waals surface area contributed by atoms with E-state index in [1.807, 2.05) is 20.8 Å². The Morgan fingerprint density at radius 2 is 2.23 bits per heavy atom. The van der Waals surface area contributed by atoms with Crippen molar-refractivity contribution in [3.8, 4) is 0 Å². The number of halogens is 2. The first-order valence-electron chi connectivity index (χ1n) is 4.36. The topological polar surface area (TPSA) is 27.6 Å². The molecule has 0 saturated carbocycles. The van der Waals surface area contributed by atoms with Crippen molar-refractivity contribution in [1.29, 1.82) is 0 Å². The van der Waals surface area contributed by atoms with Gasteiger partial charge >= 0.3 is 6.55 Å². The van der Waals surface area contributed by atoms with Gasteiger partial charge in [-0.25, -0.2) is 5.34 Å². The molecule has 0 fully saturated rings. The van der Waals surface area contributed by atoms with Crippen LogP contribution in [0.25, 0.3) is 0 Å². The first kappa shape index (κ1) is 10.4. The van der Waals surface area contributed by atoms with Crippen molar-refractivity contribution < 1.29 is 8.78 Å². The highest BCUT2D eigenvalue weighted by Crippen LogP contribution is 2.23. The monoisotopic (exact) mass is 189 g/mol. The third kappa shape index (κ3) is 2.18. The number of nitrogens with one attached hydrogen (secondary N) is 1. The number of nitrogens with zero attached hydrogens (tertiary/aromatic N) is 2. The van der Waals surface area contributed by atoms with Gasteiger partial charge in [-0.3, -0.25) is 0 Å². The third-order valence-electron chi connectivity index (χ3n) is 2.49. The molecule has 0 spiro atoms. The van der Waals surface area contributed by atoms with E-state index in [-0.39, 0.29) is 5.41 Å². The lowest BCUT2D eigenvalue weighted by Gasteiger charge is -2.21. The summed E-state index contributed by atoms with van der Waals surface area (Å²) in [5.41, 5.74) is 0.687. The molecule has 0 bridgehead atoms. The summed E-state index contributed by atoms with van der Waals surface area (Å²) in [7, 11) is 0.422. The fraction of sp³-hybridized carbons (Fsp3) is 0.857. The predicted octanol–water partition coefficient (Wildman–Crippen LogP) is 1.13. The molecule has 0 aromatic carbocycles. The smallest absolute Gasteiger partial charge is 0.250 e. The maximum Gasteiger partial charge on any atom is 0.341 e. The van der Waals surface area contributed by atoms with Crippen LogP contribution in [-0.2, 0) is 0 Å². The minimum absolute atomic E-state index is 0.101. The molecule has 0 aromatic rings. The second kappa shape index (κ2) is 3.61. The van der Waals surface area contributed by atoms with Crippen molar-refractivity contribution in [2.24, 2.45) is 10.5 Å². The largest absolute Gasteiger partial charge is 0.341 e. The average molecular weight is 189 g/mol. The molecule has 1 N–H and O–H groups in total. The maximum atomic E-state index is 12.2. The second-order valence-corrected chi connectivity index (χ2v) is 3.74. The zero-order valence-corrected chi connectivity index (χ0v) is 8.14. The van der Waals surface area contributed by atoms with E-state index in [0.29, 0.717) is 12.5 Å². The summed E-state index contributed by atoms with van der Waals surface area (Å²) in [6.07, 6.45) is 0.893. The van der Waals surface area contributed by atoms with E-state index in [0.717, 1.165) is 12.0 Å². The molecule has 1 aliphatic rings. The number of alkyl halides is 2. The molecule has 1 heterocycles. The molecular weight excluding hydrogens is 175 g/mol. The fourth-order valence-electron chi connectivity index (χ4n) is 1.05. The lowest BCUT2D eigenvalue weighted by Crippen LogP contribution is -2.37. The van der Waals surface area contributed by atoms with Crippen molar-refractivity contribution in [3.05, 3.63) is 0 Å². The fourth-order valence-corrected chi connectivity index (χ4v) is 1.05. The Bertz CT molecular complexity index is 218.